The molecule has 8 heteroatoms. The van der Waals surface area contributed by atoms with Crippen LogP contribution in [0.15, 0.2) is 24.3 Å². The Morgan fingerprint density at radius 3 is 2.23 bits per heavy atom. The second-order valence-electron chi connectivity index (χ2n) is 4.82. The van der Waals surface area contributed by atoms with E-state index in [2.05, 4.69) is 10.1 Å². The van der Waals surface area contributed by atoms with Crippen LogP contribution in [0.5, 0.6) is 5.75 Å². The van der Waals surface area contributed by atoms with Crippen molar-refractivity contribution in [1.29, 1.82) is 0 Å². The fourth-order valence-corrected chi connectivity index (χ4v) is 1.50. The minimum Gasteiger partial charge on any atom is -0.484 e. The summed E-state index contributed by atoms with van der Waals surface area (Å²) in [7, 11) is 0. The Morgan fingerprint density at radius 1 is 1.23 bits per heavy atom. The van der Waals surface area contributed by atoms with Crippen molar-refractivity contribution in [3.63, 3.8) is 0 Å². The Bertz CT molecular complexity index is 528. The zero-order valence-corrected chi connectivity index (χ0v) is 12.0. The van der Waals surface area contributed by atoms with Gasteiger partial charge in [0, 0.05) is 11.6 Å². The van der Waals surface area contributed by atoms with Crippen molar-refractivity contribution in [3.05, 3.63) is 29.8 Å². The highest BCUT2D eigenvalue weighted by molar-refractivity contribution is 5.94. The van der Waals surface area contributed by atoms with E-state index in [1.807, 2.05) is 0 Å². The molecule has 0 aromatic heterocycles. The maximum Gasteiger partial charge on any atom is 0.422 e. The third-order valence-electron chi connectivity index (χ3n) is 3.02. The lowest BCUT2D eigenvalue weighted by Gasteiger charge is -2.17. The van der Waals surface area contributed by atoms with Crippen LogP contribution in [0, 0.1) is 5.92 Å². The number of carboxylic acids is 1. The average Bonchev–Trinajstić information content (AvgIpc) is 2.43. The molecular formula is C14H16F3NO4. The van der Waals surface area contributed by atoms with Gasteiger partial charge >= 0.3 is 12.1 Å². The van der Waals surface area contributed by atoms with Gasteiger partial charge in [-0.05, 0) is 38.1 Å². The highest BCUT2D eigenvalue weighted by atomic mass is 19.4. The minimum absolute atomic E-state index is 0.0131. The number of hydrogen-bond donors (Lipinski definition) is 2. The molecule has 0 aliphatic carbocycles. The molecule has 1 rings (SSSR count). The van der Waals surface area contributed by atoms with Crippen LogP contribution < -0.4 is 10.1 Å². The topological polar surface area (TPSA) is 75.6 Å². The van der Waals surface area contributed by atoms with Crippen LogP contribution in [0.4, 0.5) is 13.2 Å². The Morgan fingerprint density at radius 2 is 1.77 bits per heavy atom. The SMILES string of the molecule is CC(NC(=O)c1ccc(OCC(F)(F)F)cc1)C(C)C(=O)O. The Labute approximate surface area is 125 Å². The highest BCUT2D eigenvalue weighted by Crippen LogP contribution is 2.19. The smallest absolute Gasteiger partial charge is 0.422 e. The summed E-state index contributed by atoms with van der Waals surface area (Å²) in [6.45, 7) is 1.60. The van der Waals surface area contributed by atoms with Crippen molar-refractivity contribution < 1.29 is 32.6 Å². The normalized spacial score (nSPS) is 14.0. The summed E-state index contributed by atoms with van der Waals surface area (Å²) in [6, 6.07) is 4.50. The van der Waals surface area contributed by atoms with Gasteiger partial charge in [-0.25, -0.2) is 0 Å². The van der Waals surface area contributed by atoms with Gasteiger partial charge < -0.3 is 15.2 Å². The van der Waals surface area contributed by atoms with Crippen LogP contribution in [0.2, 0.25) is 0 Å². The number of benzene rings is 1. The van der Waals surface area contributed by atoms with Gasteiger partial charge in [0.05, 0.1) is 5.92 Å². The summed E-state index contributed by atoms with van der Waals surface area (Å²) in [5.74, 6) is -2.33. The van der Waals surface area contributed by atoms with Crippen LogP contribution in [-0.4, -0.2) is 35.8 Å². The van der Waals surface area contributed by atoms with E-state index < -0.39 is 36.6 Å². The van der Waals surface area contributed by atoms with Gasteiger partial charge in [-0.15, -0.1) is 0 Å². The van der Waals surface area contributed by atoms with E-state index in [9.17, 15) is 22.8 Å². The van der Waals surface area contributed by atoms with Gasteiger partial charge in [0.2, 0.25) is 0 Å². The number of carbonyl (C=O) groups is 2. The molecule has 1 amide bonds. The molecule has 0 bridgehead atoms. The van der Waals surface area contributed by atoms with E-state index in [1.165, 1.54) is 31.2 Å². The maximum absolute atomic E-state index is 12.0. The van der Waals surface area contributed by atoms with Gasteiger partial charge in [-0.2, -0.15) is 13.2 Å². The van der Waals surface area contributed by atoms with Crippen molar-refractivity contribution in [1.82, 2.24) is 5.32 Å². The molecule has 1 aromatic rings. The van der Waals surface area contributed by atoms with E-state index in [-0.39, 0.29) is 11.3 Å². The molecule has 22 heavy (non-hydrogen) atoms. The monoisotopic (exact) mass is 319 g/mol. The predicted octanol–water partition coefficient (Wildman–Crippen LogP) is 2.47. The van der Waals surface area contributed by atoms with Crippen LogP contribution >= 0.6 is 0 Å². The van der Waals surface area contributed by atoms with Crippen molar-refractivity contribution in [2.75, 3.05) is 6.61 Å². The van der Waals surface area contributed by atoms with Gasteiger partial charge in [0.25, 0.3) is 5.91 Å². The number of amides is 1. The molecule has 0 fully saturated rings. The van der Waals surface area contributed by atoms with Crippen LogP contribution in [0.1, 0.15) is 24.2 Å². The molecule has 2 unspecified atom stereocenters. The molecule has 0 saturated carbocycles. The number of aliphatic carboxylic acids is 1. The first-order valence-electron chi connectivity index (χ1n) is 6.43. The van der Waals surface area contributed by atoms with E-state index in [0.717, 1.165) is 0 Å². The fourth-order valence-electron chi connectivity index (χ4n) is 1.50. The number of hydrogen-bond acceptors (Lipinski definition) is 3. The summed E-state index contributed by atoms with van der Waals surface area (Å²) in [5, 5.41) is 11.3. The summed E-state index contributed by atoms with van der Waals surface area (Å²) in [4.78, 5) is 22.7. The highest BCUT2D eigenvalue weighted by Gasteiger charge is 2.28. The molecule has 2 atom stereocenters. The van der Waals surface area contributed by atoms with Gasteiger partial charge in [-0.1, -0.05) is 0 Å². The fraction of sp³-hybridized carbons (Fsp3) is 0.429. The third kappa shape index (κ3) is 5.63. The standard InChI is InChI=1S/C14H16F3NO4/c1-8(13(20)21)9(2)18-12(19)10-3-5-11(6-4-10)22-7-14(15,16)17/h3-6,8-9H,7H2,1-2H3,(H,18,19)(H,20,21). The van der Waals surface area contributed by atoms with E-state index >= 15 is 0 Å². The Hall–Kier alpha value is -2.25. The van der Waals surface area contributed by atoms with Crippen LogP contribution in [-0.2, 0) is 4.79 Å². The Kier molecular flexibility index (Phi) is 5.78. The molecule has 1 aromatic carbocycles. The van der Waals surface area contributed by atoms with Gasteiger partial charge in [-0.3, -0.25) is 9.59 Å². The van der Waals surface area contributed by atoms with Gasteiger partial charge in [0.15, 0.2) is 6.61 Å². The maximum atomic E-state index is 12.0. The molecule has 122 valence electrons. The molecule has 0 heterocycles. The summed E-state index contributed by atoms with van der Waals surface area (Å²) >= 11 is 0. The molecule has 0 radical (unpaired) electrons. The minimum atomic E-state index is -4.43. The van der Waals surface area contributed by atoms with Crippen molar-refractivity contribution >= 4 is 11.9 Å². The lowest BCUT2D eigenvalue weighted by molar-refractivity contribution is -0.153. The predicted molar refractivity (Wildman–Crippen MR) is 71.7 cm³/mol. The molecule has 2 N–H and O–H groups in total. The number of alkyl halides is 3. The summed E-state index contributed by atoms with van der Waals surface area (Å²) in [5.41, 5.74) is 0.198. The number of rotatable bonds is 6. The first-order valence-corrected chi connectivity index (χ1v) is 6.43. The van der Waals surface area contributed by atoms with Crippen LogP contribution in [0.3, 0.4) is 0 Å². The van der Waals surface area contributed by atoms with E-state index in [4.69, 9.17) is 5.11 Å². The molecule has 0 aliphatic heterocycles. The zero-order chi connectivity index (χ0) is 16.9. The molecule has 0 saturated heterocycles. The number of nitrogens with one attached hydrogen (secondary N) is 1. The van der Waals surface area contributed by atoms with Crippen molar-refractivity contribution in [2.45, 2.75) is 26.1 Å². The molecule has 5 nitrogen and oxygen atoms in total. The zero-order valence-electron chi connectivity index (χ0n) is 12.0. The average molecular weight is 319 g/mol. The Balaban J connectivity index is 2.62. The second-order valence-corrected chi connectivity index (χ2v) is 4.82. The first kappa shape index (κ1) is 17.8. The molecule has 0 spiro atoms. The number of ether oxygens (including phenoxy) is 1. The number of halogens is 3. The van der Waals surface area contributed by atoms with E-state index in [0.29, 0.717) is 0 Å². The number of carboxylic acid groups (broad SMARTS) is 1. The van der Waals surface area contributed by atoms with Crippen LogP contribution in [0.25, 0.3) is 0 Å². The van der Waals surface area contributed by atoms with Gasteiger partial charge in [0.1, 0.15) is 5.75 Å². The lowest BCUT2D eigenvalue weighted by atomic mass is 10.0. The summed E-state index contributed by atoms with van der Waals surface area (Å²) in [6.07, 6.45) is -4.43. The van der Waals surface area contributed by atoms with E-state index in [1.54, 1.807) is 6.92 Å². The van der Waals surface area contributed by atoms with Crippen molar-refractivity contribution in [3.8, 4) is 5.75 Å². The molecule has 0 aliphatic rings. The quantitative estimate of drug-likeness (QED) is 0.844. The largest absolute Gasteiger partial charge is 0.484 e. The lowest BCUT2D eigenvalue weighted by Crippen LogP contribution is -2.40. The first-order chi connectivity index (χ1) is 10.1. The number of carbonyl (C=O) groups excluding carboxylic acids is 1. The second kappa shape index (κ2) is 7.15. The third-order valence-corrected chi connectivity index (χ3v) is 3.02. The molecular weight excluding hydrogens is 303 g/mol. The summed E-state index contributed by atoms with van der Waals surface area (Å²) < 4.78 is 40.5. The van der Waals surface area contributed by atoms with Crippen molar-refractivity contribution in [2.24, 2.45) is 5.92 Å².